The van der Waals surface area contributed by atoms with Gasteiger partial charge in [0, 0.05) is 17.5 Å². The van der Waals surface area contributed by atoms with Gasteiger partial charge in [-0.15, -0.1) is 11.3 Å². The number of carbonyl (C=O) groups excluding carboxylic acids is 1. The standard InChI is InChI=1S/C23H26N2O3S/c1-16(2)27-13-19-9-7-18(8-10-19)12-24-23(26)20-5-4-6-22(11-20)28-14-21-15-29-17(3)25-21/h4-11,15-16H,12-14H2,1-3H3,(H,24,26). The van der Waals surface area contributed by atoms with Crippen LogP contribution >= 0.6 is 11.3 Å². The summed E-state index contributed by atoms with van der Waals surface area (Å²) in [6, 6.07) is 15.3. The number of benzene rings is 2. The van der Waals surface area contributed by atoms with E-state index in [1.165, 1.54) is 0 Å². The molecular weight excluding hydrogens is 384 g/mol. The smallest absolute Gasteiger partial charge is 0.251 e. The summed E-state index contributed by atoms with van der Waals surface area (Å²) in [7, 11) is 0. The van der Waals surface area contributed by atoms with Gasteiger partial charge in [-0.05, 0) is 50.1 Å². The molecule has 29 heavy (non-hydrogen) atoms. The molecule has 1 aromatic heterocycles. The Hall–Kier alpha value is -2.70. The highest BCUT2D eigenvalue weighted by molar-refractivity contribution is 7.09. The summed E-state index contributed by atoms with van der Waals surface area (Å²) in [5.41, 5.74) is 3.62. The average Bonchev–Trinajstić information content (AvgIpc) is 3.15. The minimum atomic E-state index is -0.132. The Morgan fingerprint density at radius 3 is 2.55 bits per heavy atom. The molecule has 2 aromatic carbocycles. The molecule has 1 heterocycles. The van der Waals surface area contributed by atoms with E-state index in [1.54, 1.807) is 23.5 Å². The third-order valence-electron chi connectivity index (χ3n) is 4.21. The Bertz CT molecular complexity index is 935. The fourth-order valence-electron chi connectivity index (χ4n) is 2.66. The lowest BCUT2D eigenvalue weighted by Gasteiger charge is -2.10. The zero-order chi connectivity index (χ0) is 20.6. The second kappa shape index (κ2) is 10.2. The molecule has 0 bridgehead atoms. The maximum atomic E-state index is 12.5. The molecule has 6 heteroatoms. The van der Waals surface area contributed by atoms with Gasteiger partial charge >= 0.3 is 0 Å². The number of rotatable bonds is 9. The number of nitrogens with zero attached hydrogens (tertiary/aromatic N) is 1. The lowest BCUT2D eigenvalue weighted by Crippen LogP contribution is -2.22. The fourth-order valence-corrected chi connectivity index (χ4v) is 3.26. The van der Waals surface area contributed by atoms with E-state index in [4.69, 9.17) is 9.47 Å². The lowest BCUT2D eigenvalue weighted by molar-refractivity contribution is 0.0657. The van der Waals surface area contributed by atoms with Crippen molar-refractivity contribution in [1.29, 1.82) is 0 Å². The number of aryl methyl sites for hydroxylation is 1. The molecule has 0 radical (unpaired) electrons. The minimum absolute atomic E-state index is 0.132. The van der Waals surface area contributed by atoms with E-state index in [-0.39, 0.29) is 12.0 Å². The molecule has 5 nitrogen and oxygen atoms in total. The van der Waals surface area contributed by atoms with Crippen molar-refractivity contribution in [3.8, 4) is 5.75 Å². The first-order valence-electron chi connectivity index (χ1n) is 9.61. The van der Waals surface area contributed by atoms with E-state index in [1.807, 2.05) is 62.5 Å². The van der Waals surface area contributed by atoms with Gasteiger partial charge in [0.25, 0.3) is 5.91 Å². The van der Waals surface area contributed by atoms with Crippen LogP contribution in [-0.2, 0) is 24.5 Å². The number of aromatic nitrogens is 1. The van der Waals surface area contributed by atoms with Gasteiger partial charge in [-0.3, -0.25) is 4.79 Å². The summed E-state index contributed by atoms with van der Waals surface area (Å²) in [6.07, 6.45) is 0.208. The number of thiazole rings is 1. The molecule has 0 spiro atoms. The van der Waals surface area contributed by atoms with Gasteiger partial charge in [-0.25, -0.2) is 4.98 Å². The number of ether oxygens (including phenoxy) is 2. The summed E-state index contributed by atoms with van der Waals surface area (Å²) in [6.45, 7) is 7.45. The van der Waals surface area contributed by atoms with Gasteiger partial charge < -0.3 is 14.8 Å². The molecule has 3 aromatic rings. The van der Waals surface area contributed by atoms with E-state index in [0.717, 1.165) is 21.8 Å². The number of nitrogens with one attached hydrogen (secondary N) is 1. The van der Waals surface area contributed by atoms with E-state index < -0.39 is 0 Å². The number of amides is 1. The Kier molecular flexibility index (Phi) is 7.38. The third-order valence-corrected chi connectivity index (χ3v) is 5.03. The van der Waals surface area contributed by atoms with Crippen LogP contribution in [0.3, 0.4) is 0 Å². The van der Waals surface area contributed by atoms with E-state index >= 15 is 0 Å². The molecule has 0 aliphatic carbocycles. The molecule has 0 atom stereocenters. The van der Waals surface area contributed by atoms with Crippen molar-refractivity contribution < 1.29 is 14.3 Å². The molecule has 0 unspecified atom stereocenters. The average molecular weight is 411 g/mol. The van der Waals surface area contributed by atoms with Gasteiger partial charge in [-0.2, -0.15) is 0 Å². The molecule has 1 amide bonds. The maximum Gasteiger partial charge on any atom is 0.251 e. The van der Waals surface area contributed by atoms with Gasteiger partial charge in [0.05, 0.1) is 23.4 Å². The lowest BCUT2D eigenvalue weighted by atomic mass is 10.1. The van der Waals surface area contributed by atoms with Gasteiger partial charge in [0.1, 0.15) is 12.4 Å². The van der Waals surface area contributed by atoms with Crippen molar-refractivity contribution in [3.63, 3.8) is 0 Å². The Balaban J connectivity index is 1.51. The fraction of sp³-hybridized carbons (Fsp3) is 0.304. The first-order chi connectivity index (χ1) is 14.0. The van der Waals surface area contributed by atoms with Gasteiger partial charge in [-0.1, -0.05) is 30.3 Å². The number of carbonyl (C=O) groups is 1. The van der Waals surface area contributed by atoms with Crippen LogP contribution in [0.1, 0.15) is 46.0 Å². The molecule has 152 valence electrons. The maximum absolute atomic E-state index is 12.5. The first-order valence-corrected chi connectivity index (χ1v) is 10.5. The molecule has 1 N–H and O–H groups in total. The summed E-state index contributed by atoms with van der Waals surface area (Å²) in [4.78, 5) is 16.9. The molecule has 0 aliphatic rings. The normalized spacial score (nSPS) is 10.9. The van der Waals surface area contributed by atoms with Crippen LogP contribution in [-0.4, -0.2) is 17.0 Å². The first kappa shape index (κ1) is 21.0. The van der Waals surface area contributed by atoms with Crippen molar-refractivity contribution in [1.82, 2.24) is 10.3 Å². The molecular formula is C23H26N2O3S. The van der Waals surface area contributed by atoms with Crippen molar-refractivity contribution >= 4 is 17.2 Å². The van der Waals surface area contributed by atoms with Gasteiger partial charge in [0.2, 0.25) is 0 Å². The molecule has 0 aliphatic heterocycles. The van der Waals surface area contributed by atoms with Crippen molar-refractivity contribution in [2.45, 2.75) is 46.6 Å². The second-order valence-electron chi connectivity index (χ2n) is 7.03. The Morgan fingerprint density at radius 2 is 1.86 bits per heavy atom. The topological polar surface area (TPSA) is 60.5 Å². The number of hydrogen-bond acceptors (Lipinski definition) is 5. The van der Waals surface area contributed by atoms with Crippen molar-refractivity contribution in [2.24, 2.45) is 0 Å². The van der Waals surface area contributed by atoms with E-state index in [0.29, 0.717) is 31.1 Å². The predicted molar refractivity (Wildman–Crippen MR) is 115 cm³/mol. The third kappa shape index (κ3) is 6.69. The predicted octanol–water partition coefficient (Wildman–Crippen LogP) is 4.89. The van der Waals surface area contributed by atoms with Crippen LogP contribution in [0, 0.1) is 6.92 Å². The Morgan fingerprint density at radius 1 is 1.10 bits per heavy atom. The molecule has 0 saturated heterocycles. The summed E-state index contributed by atoms with van der Waals surface area (Å²) in [5, 5.41) is 5.94. The van der Waals surface area contributed by atoms with Crippen LogP contribution < -0.4 is 10.1 Å². The van der Waals surface area contributed by atoms with Crippen LogP contribution in [0.4, 0.5) is 0 Å². The molecule has 0 fully saturated rings. The van der Waals surface area contributed by atoms with E-state index in [9.17, 15) is 4.79 Å². The van der Waals surface area contributed by atoms with Crippen LogP contribution in [0.2, 0.25) is 0 Å². The highest BCUT2D eigenvalue weighted by Gasteiger charge is 2.08. The number of hydrogen-bond donors (Lipinski definition) is 1. The monoisotopic (exact) mass is 410 g/mol. The summed E-state index contributed by atoms with van der Waals surface area (Å²) >= 11 is 1.59. The molecule has 0 saturated carbocycles. The summed E-state index contributed by atoms with van der Waals surface area (Å²) in [5.74, 6) is 0.518. The summed E-state index contributed by atoms with van der Waals surface area (Å²) < 4.78 is 11.4. The molecule has 3 rings (SSSR count). The van der Waals surface area contributed by atoms with E-state index in [2.05, 4.69) is 10.3 Å². The quantitative estimate of drug-likeness (QED) is 0.546. The van der Waals surface area contributed by atoms with Crippen LogP contribution in [0.25, 0.3) is 0 Å². The van der Waals surface area contributed by atoms with Crippen molar-refractivity contribution in [2.75, 3.05) is 0 Å². The van der Waals surface area contributed by atoms with Gasteiger partial charge in [0.15, 0.2) is 0 Å². The second-order valence-corrected chi connectivity index (χ2v) is 8.10. The Labute approximate surface area is 175 Å². The highest BCUT2D eigenvalue weighted by Crippen LogP contribution is 2.16. The highest BCUT2D eigenvalue weighted by atomic mass is 32.1. The largest absolute Gasteiger partial charge is 0.487 e. The zero-order valence-electron chi connectivity index (χ0n) is 17.0. The van der Waals surface area contributed by atoms with Crippen LogP contribution in [0.5, 0.6) is 5.75 Å². The van der Waals surface area contributed by atoms with Crippen LogP contribution in [0.15, 0.2) is 53.9 Å². The zero-order valence-corrected chi connectivity index (χ0v) is 17.8. The SMILES string of the molecule is Cc1nc(COc2cccc(C(=O)NCc3ccc(COC(C)C)cc3)c2)cs1. The minimum Gasteiger partial charge on any atom is -0.487 e. The van der Waals surface area contributed by atoms with Crippen molar-refractivity contribution in [3.05, 3.63) is 81.3 Å².